The molecule has 0 aliphatic heterocycles. The number of thioether (sulfide) groups is 1. The van der Waals surface area contributed by atoms with Crippen LogP contribution in [0.1, 0.15) is 27.7 Å². The van der Waals surface area contributed by atoms with Gasteiger partial charge in [0.05, 0.1) is 21.6 Å². The van der Waals surface area contributed by atoms with Crippen molar-refractivity contribution in [2.45, 2.75) is 49.4 Å². The summed E-state index contributed by atoms with van der Waals surface area (Å²) in [6.45, 7) is 7.90. The van der Waals surface area contributed by atoms with E-state index < -0.39 is 6.10 Å². The fourth-order valence-corrected chi connectivity index (χ4v) is 4.46. The van der Waals surface area contributed by atoms with Gasteiger partial charge in [-0.15, -0.1) is 11.3 Å². The van der Waals surface area contributed by atoms with Gasteiger partial charge in [-0.25, -0.2) is 4.98 Å². The molecule has 1 amide bonds. The highest BCUT2D eigenvalue weighted by molar-refractivity contribution is 8.02. The Morgan fingerprint density at radius 3 is 2.59 bits per heavy atom. The van der Waals surface area contributed by atoms with Crippen LogP contribution in [0.4, 0.5) is 0 Å². The third-order valence-electron chi connectivity index (χ3n) is 3.27. The zero-order valence-electron chi connectivity index (χ0n) is 13.3. The second-order valence-electron chi connectivity index (χ2n) is 5.64. The van der Waals surface area contributed by atoms with Gasteiger partial charge in [0.25, 0.3) is 0 Å². The zero-order valence-corrected chi connectivity index (χ0v) is 14.9. The number of aromatic nitrogens is 1. The number of benzene rings is 1. The van der Waals surface area contributed by atoms with Gasteiger partial charge in [0.1, 0.15) is 0 Å². The average molecular weight is 338 g/mol. The summed E-state index contributed by atoms with van der Waals surface area (Å²) in [4.78, 5) is 18.9. The fourth-order valence-electron chi connectivity index (χ4n) is 2.18. The van der Waals surface area contributed by atoms with E-state index in [2.05, 4.69) is 4.98 Å². The van der Waals surface area contributed by atoms with E-state index in [0.717, 1.165) is 14.6 Å². The van der Waals surface area contributed by atoms with Crippen LogP contribution in [-0.4, -0.2) is 44.8 Å². The number of para-hydroxylation sites is 1. The number of nitrogens with zero attached hydrogens (tertiary/aromatic N) is 2. The van der Waals surface area contributed by atoms with Gasteiger partial charge >= 0.3 is 0 Å². The van der Waals surface area contributed by atoms with Crippen molar-refractivity contribution in [2.24, 2.45) is 0 Å². The summed E-state index contributed by atoms with van der Waals surface area (Å²) in [6.07, 6.45) is -0.522. The smallest absolute Gasteiger partial charge is 0.236 e. The SMILES string of the molecule is CC(O)CN(C(=O)C(C)Sc1nc2ccccc2s1)C(C)C. The van der Waals surface area contributed by atoms with Crippen LogP contribution in [0, 0.1) is 0 Å². The average Bonchev–Trinajstić information content (AvgIpc) is 2.85. The minimum absolute atomic E-state index is 0.0418. The molecule has 0 radical (unpaired) electrons. The van der Waals surface area contributed by atoms with Gasteiger partial charge in [0.15, 0.2) is 4.34 Å². The molecule has 2 atom stereocenters. The van der Waals surface area contributed by atoms with Crippen molar-refractivity contribution in [2.75, 3.05) is 6.54 Å². The molecule has 2 rings (SSSR count). The highest BCUT2D eigenvalue weighted by Crippen LogP contribution is 2.32. The lowest BCUT2D eigenvalue weighted by molar-refractivity contribution is -0.133. The fraction of sp³-hybridized carbons (Fsp3) is 0.500. The Balaban J connectivity index is 2.09. The van der Waals surface area contributed by atoms with Crippen molar-refractivity contribution in [1.29, 1.82) is 0 Å². The molecule has 0 aliphatic rings. The Hall–Kier alpha value is -1.11. The van der Waals surface area contributed by atoms with Gasteiger partial charge < -0.3 is 10.0 Å². The lowest BCUT2D eigenvalue weighted by atomic mass is 10.2. The minimum atomic E-state index is -0.522. The number of aliphatic hydroxyl groups excluding tert-OH is 1. The second kappa shape index (κ2) is 7.44. The van der Waals surface area contributed by atoms with Gasteiger partial charge in [0.2, 0.25) is 5.91 Å². The number of hydrogen-bond donors (Lipinski definition) is 1. The van der Waals surface area contributed by atoms with Crippen LogP contribution in [-0.2, 0) is 4.79 Å². The number of amides is 1. The highest BCUT2D eigenvalue weighted by Gasteiger charge is 2.25. The zero-order chi connectivity index (χ0) is 16.3. The molecule has 1 aromatic carbocycles. The predicted molar refractivity (Wildman–Crippen MR) is 93.5 cm³/mol. The van der Waals surface area contributed by atoms with E-state index in [1.165, 1.54) is 11.8 Å². The van der Waals surface area contributed by atoms with Crippen LogP contribution in [0.3, 0.4) is 0 Å². The van der Waals surface area contributed by atoms with Gasteiger partial charge in [-0.2, -0.15) is 0 Å². The van der Waals surface area contributed by atoms with Crippen molar-refractivity contribution in [3.63, 3.8) is 0 Å². The van der Waals surface area contributed by atoms with E-state index in [-0.39, 0.29) is 17.2 Å². The third-order valence-corrected chi connectivity index (χ3v) is 5.48. The molecule has 1 N–H and O–H groups in total. The highest BCUT2D eigenvalue weighted by atomic mass is 32.2. The largest absolute Gasteiger partial charge is 0.392 e. The van der Waals surface area contributed by atoms with Crippen molar-refractivity contribution in [3.8, 4) is 0 Å². The molecule has 2 aromatic rings. The molecule has 6 heteroatoms. The molecule has 120 valence electrons. The topological polar surface area (TPSA) is 53.4 Å². The van der Waals surface area contributed by atoms with Crippen molar-refractivity contribution < 1.29 is 9.90 Å². The van der Waals surface area contributed by atoms with E-state index in [1.54, 1.807) is 23.2 Å². The molecule has 2 unspecified atom stereocenters. The molecule has 0 fully saturated rings. The van der Waals surface area contributed by atoms with Gasteiger partial charge in [-0.05, 0) is 39.8 Å². The van der Waals surface area contributed by atoms with Crippen LogP contribution in [0.5, 0.6) is 0 Å². The second-order valence-corrected chi connectivity index (χ2v) is 8.26. The molecule has 1 heterocycles. The summed E-state index contributed by atoms with van der Waals surface area (Å²) in [5.74, 6) is 0.0418. The number of thiazole rings is 1. The van der Waals surface area contributed by atoms with Crippen molar-refractivity contribution in [3.05, 3.63) is 24.3 Å². The number of carbonyl (C=O) groups is 1. The molecule has 1 aromatic heterocycles. The Morgan fingerprint density at radius 1 is 1.32 bits per heavy atom. The molecule has 22 heavy (non-hydrogen) atoms. The molecule has 0 aliphatic carbocycles. The van der Waals surface area contributed by atoms with Gasteiger partial charge in [0, 0.05) is 12.6 Å². The summed E-state index contributed by atoms with van der Waals surface area (Å²) >= 11 is 3.09. The summed E-state index contributed by atoms with van der Waals surface area (Å²) in [5.41, 5.74) is 0.972. The molecule has 0 saturated heterocycles. The molecule has 0 bridgehead atoms. The number of rotatable bonds is 6. The minimum Gasteiger partial charge on any atom is -0.392 e. The van der Waals surface area contributed by atoms with Gasteiger partial charge in [-0.1, -0.05) is 23.9 Å². The Kier molecular flexibility index (Phi) is 5.83. The van der Waals surface area contributed by atoms with E-state index in [1.807, 2.05) is 45.0 Å². The van der Waals surface area contributed by atoms with Crippen molar-refractivity contribution in [1.82, 2.24) is 9.88 Å². The maximum atomic E-state index is 12.6. The molecule has 0 spiro atoms. The van der Waals surface area contributed by atoms with Crippen LogP contribution in [0.25, 0.3) is 10.2 Å². The van der Waals surface area contributed by atoms with Gasteiger partial charge in [-0.3, -0.25) is 4.79 Å². The number of fused-ring (bicyclic) bond motifs is 1. The summed E-state index contributed by atoms with van der Waals surface area (Å²) in [6, 6.07) is 8.05. The first-order valence-corrected chi connectivity index (χ1v) is 9.09. The predicted octanol–water partition coefficient (Wildman–Crippen LogP) is 3.39. The standard InChI is InChI=1S/C16H22N2O2S2/c1-10(2)18(9-11(3)19)15(20)12(4)21-16-17-13-7-5-6-8-14(13)22-16/h5-8,10-12,19H,9H2,1-4H3. The lowest BCUT2D eigenvalue weighted by Gasteiger charge is -2.30. The molecular weight excluding hydrogens is 316 g/mol. The number of carbonyl (C=O) groups excluding carboxylic acids is 1. The van der Waals surface area contributed by atoms with E-state index >= 15 is 0 Å². The molecule has 4 nitrogen and oxygen atoms in total. The quantitative estimate of drug-likeness (QED) is 0.820. The Morgan fingerprint density at radius 2 is 2.00 bits per heavy atom. The Labute approximate surface area is 139 Å². The summed E-state index contributed by atoms with van der Waals surface area (Å²) < 4.78 is 2.04. The van der Waals surface area contributed by atoms with Crippen LogP contribution in [0.2, 0.25) is 0 Å². The molecule has 0 saturated carbocycles. The first-order valence-electron chi connectivity index (χ1n) is 7.39. The first-order chi connectivity index (χ1) is 10.4. The van der Waals surface area contributed by atoms with Crippen LogP contribution in [0.15, 0.2) is 28.6 Å². The van der Waals surface area contributed by atoms with Crippen LogP contribution < -0.4 is 0 Å². The summed E-state index contributed by atoms with van der Waals surface area (Å²) in [7, 11) is 0. The normalized spacial score (nSPS) is 14.3. The van der Waals surface area contributed by atoms with Crippen molar-refractivity contribution >= 4 is 39.2 Å². The molecular formula is C16H22N2O2S2. The van der Waals surface area contributed by atoms with E-state index in [0.29, 0.717) is 6.54 Å². The summed E-state index contributed by atoms with van der Waals surface area (Å²) in [5, 5.41) is 9.36. The third kappa shape index (κ3) is 4.21. The number of hydrogen-bond acceptors (Lipinski definition) is 5. The van der Waals surface area contributed by atoms with Crippen LogP contribution >= 0.6 is 23.1 Å². The Bertz CT molecular complexity index is 607. The van der Waals surface area contributed by atoms with E-state index in [4.69, 9.17) is 0 Å². The lowest BCUT2D eigenvalue weighted by Crippen LogP contribution is -2.44. The monoisotopic (exact) mass is 338 g/mol. The number of aliphatic hydroxyl groups is 1. The van der Waals surface area contributed by atoms with E-state index in [9.17, 15) is 9.90 Å². The first kappa shape index (κ1) is 17.2. The maximum absolute atomic E-state index is 12.6. The maximum Gasteiger partial charge on any atom is 0.236 e.